The SMILES string of the molecule is CC(C)OP(=O)(OC(C)C)OC(C)CN1CCCCC1. The number of piperidine rings is 1. The first-order valence-electron chi connectivity index (χ1n) is 7.68. The van der Waals surface area contributed by atoms with E-state index in [1.165, 1.54) is 19.3 Å². The van der Waals surface area contributed by atoms with Gasteiger partial charge in [0.2, 0.25) is 0 Å². The van der Waals surface area contributed by atoms with Crippen LogP contribution in [0.15, 0.2) is 0 Å². The van der Waals surface area contributed by atoms with Crippen LogP contribution in [-0.2, 0) is 18.1 Å². The summed E-state index contributed by atoms with van der Waals surface area (Å²) < 4.78 is 29.0. The highest BCUT2D eigenvalue weighted by atomic mass is 31.2. The average molecular weight is 307 g/mol. The summed E-state index contributed by atoms with van der Waals surface area (Å²) in [6, 6.07) is 0. The van der Waals surface area contributed by atoms with Crippen LogP contribution in [0.1, 0.15) is 53.9 Å². The number of rotatable bonds is 8. The maximum Gasteiger partial charge on any atom is 0.475 e. The van der Waals surface area contributed by atoms with Crippen LogP contribution in [0.3, 0.4) is 0 Å². The largest absolute Gasteiger partial charge is 0.475 e. The lowest BCUT2D eigenvalue weighted by atomic mass is 10.1. The Hall–Kier alpha value is 0.0700. The molecule has 6 heteroatoms. The maximum atomic E-state index is 12.6. The zero-order valence-electron chi connectivity index (χ0n) is 13.5. The summed E-state index contributed by atoms with van der Waals surface area (Å²) in [5.74, 6) is 0. The molecule has 0 spiro atoms. The van der Waals surface area contributed by atoms with E-state index in [4.69, 9.17) is 13.6 Å². The lowest BCUT2D eigenvalue weighted by Crippen LogP contribution is -2.36. The first-order valence-corrected chi connectivity index (χ1v) is 9.14. The van der Waals surface area contributed by atoms with Crippen molar-refractivity contribution in [3.63, 3.8) is 0 Å². The number of nitrogens with zero attached hydrogens (tertiary/aromatic N) is 1. The second kappa shape index (κ2) is 8.50. The van der Waals surface area contributed by atoms with Gasteiger partial charge in [-0.05, 0) is 60.5 Å². The van der Waals surface area contributed by atoms with Crippen molar-refractivity contribution >= 4 is 7.82 Å². The van der Waals surface area contributed by atoms with Crippen LogP contribution < -0.4 is 0 Å². The minimum Gasteiger partial charge on any atom is -0.301 e. The molecule has 120 valence electrons. The van der Waals surface area contributed by atoms with E-state index in [-0.39, 0.29) is 18.3 Å². The van der Waals surface area contributed by atoms with Crippen molar-refractivity contribution in [3.05, 3.63) is 0 Å². The van der Waals surface area contributed by atoms with E-state index in [0.717, 1.165) is 19.6 Å². The molecule has 20 heavy (non-hydrogen) atoms. The fourth-order valence-electron chi connectivity index (χ4n) is 2.35. The molecule has 1 aliphatic heterocycles. The molecule has 0 aliphatic carbocycles. The first-order chi connectivity index (χ1) is 9.31. The number of hydrogen-bond acceptors (Lipinski definition) is 5. The van der Waals surface area contributed by atoms with Gasteiger partial charge < -0.3 is 4.90 Å². The summed E-state index contributed by atoms with van der Waals surface area (Å²) in [6.07, 6.45) is 3.21. The van der Waals surface area contributed by atoms with Crippen molar-refractivity contribution in [1.82, 2.24) is 4.90 Å². The van der Waals surface area contributed by atoms with Crippen LogP contribution in [0.4, 0.5) is 0 Å². The van der Waals surface area contributed by atoms with Crippen molar-refractivity contribution in [3.8, 4) is 0 Å². The molecule has 0 bridgehead atoms. The molecule has 0 radical (unpaired) electrons. The predicted octanol–water partition coefficient (Wildman–Crippen LogP) is 3.84. The van der Waals surface area contributed by atoms with E-state index in [1.807, 2.05) is 34.6 Å². The molecular weight excluding hydrogens is 277 g/mol. The minimum absolute atomic E-state index is 0.170. The minimum atomic E-state index is -3.48. The standard InChI is InChI=1S/C14H30NO4P/c1-12(2)17-20(16,18-13(3)4)19-14(5)11-15-9-7-6-8-10-15/h12-14H,6-11H2,1-5H3. The molecule has 0 N–H and O–H groups in total. The molecular formula is C14H30NO4P. The van der Waals surface area contributed by atoms with Gasteiger partial charge in [0.25, 0.3) is 0 Å². The Morgan fingerprint density at radius 1 is 0.900 bits per heavy atom. The lowest BCUT2D eigenvalue weighted by molar-refractivity contribution is 0.0376. The summed E-state index contributed by atoms with van der Waals surface area (Å²) in [5.41, 5.74) is 0. The van der Waals surface area contributed by atoms with Gasteiger partial charge in [-0.15, -0.1) is 0 Å². The van der Waals surface area contributed by atoms with Crippen molar-refractivity contribution in [2.75, 3.05) is 19.6 Å². The van der Waals surface area contributed by atoms with Gasteiger partial charge in [0, 0.05) is 6.54 Å². The monoisotopic (exact) mass is 307 g/mol. The molecule has 1 atom stereocenters. The summed E-state index contributed by atoms with van der Waals surface area (Å²) in [7, 11) is -3.48. The zero-order chi connectivity index (χ0) is 15.2. The van der Waals surface area contributed by atoms with Crippen molar-refractivity contribution in [2.24, 2.45) is 0 Å². The van der Waals surface area contributed by atoms with E-state index in [2.05, 4.69) is 4.90 Å². The number of phosphoric ester groups is 1. The van der Waals surface area contributed by atoms with Gasteiger partial charge in [-0.25, -0.2) is 4.57 Å². The van der Waals surface area contributed by atoms with Gasteiger partial charge >= 0.3 is 7.82 Å². The molecule has 1 saturated heterocycles. The van der Waals surface area contributed by atoms with Crippen LogP contribution >= 0.6 is 7.82 Å². The van der Waals surface area contributed by atoms with Crippen LogP contribution in [0.5, 0.6) is 0 Å². The van der Waals surface area contributed by atoms with Gasteiger partial charge in [-0.1, -0.05) is 6.42 Å². The fourth-order valence-corrected chi connectivity index (χ4v) is 4.04. The topological polar surface area (TPSA) is 48.0 Å². The Morgan fingerprint density at radius 2 is 1.40 bits per heavy atom. The third-order valence-electron chi connectivity index (χ3n) is 2.95. The zero-order valence-corrected chi connectivity index (χ0v) is 14.4. The van der Waals surface area contributed by atoms with Crippen LogP contribution in [0, 0.1) is 0 Å². The van der Waals surface area contributed by atoms with Gasteiger partial charge in [0.15, 0.2) is 0 Å². The molecule has 1 aliphatic rings. The van der Waals surface area contributed by atoms with Gasteiger partial charge in [0.1, 0.15) is 0 Å². The second-order valence-corrected chi connectivity index (χ2v) is 7.56. The number of phosphoric acid groups is 1. The molecule has 0 aromatic carbocycles. The van der Waals surface area contributed by atoms with E-state index < -0.39 is 7.82 Å². The third-order valence-corrected chi connectivity index (χ3v) is 4.93. The Bertz CT molecular complexity index is 302. The Kier molecular flexibility index (Phi) is 7.70. The fraction of sp³-hybridized carbons (Fsp3) is 1.00. The lowest BCUT2D eigenvalue weighted by Gasteiger charge is -2.31. The maximum absolute atomic E-state index is 12.6. The number of hydrogen-bond donors (Lipinski definition) is 0. The van der Waals surface area contributed by atoms with Crippen molar-refractivity contribution in [2.45, 2.75) is 72.2 Å². The predicted molar refractivity (Wildman–Crippen MR) is 80.9 cm³/mol. The van der Waals surface area contributed by atoms with E-state index in [1.54, 1.807) is 0 Å². The Balaban J connectivity index is 2.52. The van der Waals surface area contributed by atoms with Gasteiger partial charge in [-0.2, -0.15) is 0 Å². The highest BCUT2D eigenvalue weighted by Gasteiger charge is 2.32. The van der Waals surface area contributed by atoms with Gasteiger partial charge in [0.05, 0.1) is 18.3 Å². The van der Waals surface area contributed by atoms with Crippen LogP contribution in [0.2, 0.25) is 0 Å². The molecule has 0 amide bonds. The number of likely N-dealkylation sites (tertiary alicyclic amines) is 1. The molecule has 5 nitrogen and oxygen atoms in total. The highest BCUT2D eigenvalue weighted by molar-refractivity contribution is 7.48. The normalized spacial score (nSPS) is 19.8. The third kappa shape index (κ3) is 7.19. The Labute approximate surface area is 123 Å². The van der Waals surface area contributed by atoms with Crippen molar-refractivity contribution < 1.29 is 18.1 Å². The van der Waals surface area contributed by atoms with Crippen LogP contribution in [0.25, 0.3) is 0 Å². The molecule has 0 aromatic rings. The molecule has 1 heterocycles. The quantitative estimate of drug-likeness (QED) is 0.638. The highest BCUT2D eigenvalue weighted by Crippen LogP contribution is 2.52. The van der Waals surface area contributed by atoms with Crippen molar-refractivity contribution in [1.29, 1.82) is 0 Å². The van der Waals surface area contributed by atoms with E-state index >= 15 is 0 Å². The molecule has 1 fully saturated rings. The van der Waals surface area contributed by atoms with E-state index in [0.29, 0.717) is 0 Å². The summed E-state index contributed by atoms with van der Waals surface area (Å²) >= 11 is 0. The van der Waals surface area contributed by atoms with Gasteiger partial charge in [-0.3, -0.25) is 13.6 Å². The smallest absolute Gasteiger partial charge is 0.301 e. The first kappa shape index (κ1) is 18.1. The average Bonchev–Trinajstić information content (AvgIpc) is 2.26. The Morgan fingerprint density at radius 3 is 1.85 bits per heavy atom. The molecule has 1 rings (SSSR count). The molecule has 1 unspecified atom stereocenters. The van der Waals surface area contributed by atoms with Crippen LogP contribution in [-0.4, -0.2) is 42.8 Å². The summed E-state index contributed by atoms with van der Waals surface area (Å²) in [4.78, 5) is 2.35. The molecule has 0 aromatic heterocycles. The summed E-state index contributed by atoms with van der Waals surface area (Å²) in [6.45, 7) is 12.2. The molecule has 0 saturated carbocycles. The summed E-state index contributed by atoms with van der Waals surface area (Å²) in [5, 5.41) is 0. The van der Waals surface area contributed by atoms with E-state index in [9.17, 15) is 4.57 Å². The second-order valence-electron chi connectivity index (χ2n) is 6.03.